The standard InChI is InChI=1S/C20H23N3O3S/c24-19-17-12-14(22-20(25)21-13-16-5-3-11-27-16)6-7-18(17)26-10-8-15-4-1-2-9-23(15)19/h3,5-7,11-12,15H,1-2,4,8-10,13H2,(H2,21,22,25). The van der Waals surface area contributed by atoms with Crippen LogP contribution in [0, 0.1) is 0 Å². The van der Waals surface area contributed by atoms with Crippen molar-refractivity contribution in [3.63, 3.8) is 0 Å². The Balaban J connectivity index is 1.48. The highest BCUT2D eigenvalue weighted by Crippen LogP contribution is 2.30. The van der Waals surface area contributed by atoms with E-state index >= 15 is 0 Å². The molecule has 2 aromatic rings. The molecule has 3 amide bonds. The van der Waals surface area contributed by atoms with Gasteiger partial charge in [0.2, 0.25) is 0 Å². The van der Waals surface area contributed by atoms with Gasteiger partial charge in [-0.3, -0.25) is 4.79 Å². The first kappa shape index (κ1) is 17.9. The fourth-order valence-corrected chi connectivity index (χ4v) is 4.33. The largest absolute Gasteiger partial charge is 0.493 e. The van der Waals surface area contributed by atoms with Crippen molar-refractivity contribution in [3.8, 4) is 5.75 Å². The van der Waals surface area contributed by atoms with E-state index in [0.717, 1.165) is 37.1 Å². The first-order valence-electron chi connectivity index (χ1n) is 9.36. The summed E-state index contributed by atoms with van der Waals surface area (Å²) in [5.74, 6) is 0.589. The molecule has 27 heavy (non-hydrogen) atoms. The van der Waals surface area contributed by atoms with Gasteiger partial charge < -0.3 is 20.3 Å². The Morgan fingerprint density at radius 3 is 3.04 bits per heavy atom. The molecule has 1 unspecified atom stereocenters. The average molecular weight is 385 g/mol. The molecular formula is C20H23N3O3S. The Kier molecular flexibility index (Phi) is 5.29. The third-order valence-corrected chi connectivity index (χ3v) is 5.94. The lowest BCUT2D eigenvalue weighted by Crippen LogP contribution is -2.45. The van der Waals surface area contributed by atoms with Gasteiger partial charge in [0.15, 0.2) is 0 Å². The Morgan fingerprint density at radius 2 is 2.19 bits per heavy atom. The second kappa shape index (κ2) is 8.00. The number of ether oxygens (including phenoxy) is 1. The van der Waals surface area contributed by atoms with Crippen molar-refractivity contribution in [1.29, 1.82) is 0 Å². The smallest absolute Gasteiger partial charge is 0.319 e. The zero-order chi connectivity index (χ0) is 18.6. The third kappa shape index (κ3) is 4.08. The van der Waals surface area contributed by atoms with Crippen LogP contribution in [0.2, 0.25) is 0 Å². The fourth-order valence-electron chi connectivity index (χ4n) is 3.68. The number of fused-ring (bicyclic) bond motifs is 2. The Morgan fingerprint density at radius 1 is 1.26 bits per heavy atom. The number of carbonyl (C=O) groups is 2. The molecule has 2 aliphatic heterocycles. The van der Waals surface area contributed by atoms with Gasteiger partial charge in [-0.15, -0.1) is 11.3 Å². The molecule has 1 aromatic carbocycles. The van der Waals surface area contributed by atoms with Gasteiger partial charge in [-0.2, -0.15) is 0 Å². The van der Waals surface area contributed by atoms with Crippen LogP contribution in [0.5, 0.6) is 5.75 Å². The van der Waals surface area contributed by atoms with E-state index in [-0.39, 0.29) is 18.0 Å². The number of thiophene rings is 1. The summed E-state index contributed by atoms with van der Waals surface area (Å²) < 4.78 is 5.83. The molecule has 1 saturated heterocycles. The highest BCUT2D eigenvalue weighted by Gasteiger charge is 2.31. The topological polar surface area (TPSA) is 70.7 Å². The van der Waals surface area contributed by atoms with Crippen molar-refractivity contribution in [2.24, 2.45) is 0 Å². The second-order valence-corrected chi connectivity index (χ2v) is 7.92. The Labute approximate surface area is 162 Å². The number of anilines is 1. The van der Waals surface area contributed by atoms with Gasteiger partial charge in [0, 0.05) is 29.6 Å². The Hall–Kier alpha value is -2.54. The van der Waals surface area contributed by atoms with E-state index in [2.05, 4.69) is 10.6 Å². The monoisotopic (exact) mass is 385 g/mol. The summed E-state index contributed by atoms with van der Waals surface area (Å²) in [7, 11) is 0. The lowest BCUT2D eigenvalue weighted by atomic mass is 9.97. The first-order valence-corrected chi connectivity index (χ1v) is 10.2. The second-order valence-electron chi connectivity index (χ2n) is 6.88. The maximum atomic E-state index is 13.1. The number of amides is 3. The van der Waals surface area contributed by atoms with Crippen LogP contribution in [0.15, 0.2) is 35.7 Å². The van der Waals surface area contributed by atoms with Crippen LogP contribution in [0.4, 0.5) is 10.5 Å². The van der Waals surface area contributed by atoms with E-state index in [4.69, 9.17) is 4.74 Å². The molecule has 1 fully saturated rings. The lowest BCUT2D eigenvalue weighted by Gasteiger charge is -2.37. The summed E-state index contributed by atoms with van der Waals surface area (Å²) in [4.78, 5) is 28.3. The molecule has 1 aromatic heterocycles. The maximum absolute atomic E-state index is 13.1. The molecule has 0 spiro atoms. The molecule has 2 N–H and O–H groups in total. The van der Waals surface area contributed by atoms with Gasteiger partial charge in [-0.25, -0.2) is 4.79 Å². The summed E-state index contributed by atoms with van der Waals surface area (Å²) in [6, 6.07) is 9.15. The number of carbonyl (C=O) groups excluding carboxylic acids is 2. The molecule has 2 aliphatic rings. The summed E-state index contributed by atoms with van der Waals surface area (Å²) in [6.45, 7) is 1.88. The predicted octanol–water partition coefficient (Wildman–Crippen LogP) is 3.85. The third-order valence-electron chi connectivity index (χ3n) is 5.07. The zero-order valence-corrected chi connectivity index (χ0v) is 15.9. The predicted molar refractivity (Wildman–Crippen MR) is 105 cm³/mol. The van der Waals surface area contributed by atoms with Crippen LogP contribution in [-0.2, 0) is 6.54 Å². The molecule has 0 saturated carbocycles. The summed E-state index contributed by atoms with van der Waals surface area (Å²) >= 11 is 1.60. The zero-order valence-electron chi connectivity index (χ0n) is 15.1. The summed E-state index contributed by atoms with van der Waals surface area (Å²) in [6.07, 6.45) is 4.11. The minimum atomic E-state index is -0.293. The van der Waals surface area contributed by atoms with Crippen LogP contribution in [-0.4, -0.2) is 36.0 Å². The molecule has 6 nitrogen and oxygen atoms in total. The van der Waals surface area contributed by atoms with Crippen LogP contribution >= 0.6 is 11.3 Å². The van der Waals surface area contributed by atoms with E-state index in [1.807, 2.05) is 22.4 Å². The number of nitrogens with one attached hydrogen (secondary N) is 2. The van der Waals surface area contributed by atoms with Crippen molar-refractivity contribution >= 4 is 29.0 Å². The van der Waals surface area contributed by atoms with E-state index < -0.39 is 0 Å². The number of benzene rings is 1. The molecular weight excluding hydrogens is 362 g/mol. The highest BCUT2D eigenvalue weighted by atomic mass is 32.1. The fraction of sp³-hybridized carbons (Fsp3) is 0.400. The maximum Gasteiger partial charge on any atom is 0.319 e. The average Bonchev–Trinajstić information content (AvgIpc) is 3.20. The molecule has 3 heterocycles. The van der Waals surface area contributed by atoms with E-state index in [0.29, 0.717) is 30.2 Å². The molecule has 0 bridgehead atoms. The van der Waals surface area contributed by atoms with Gasteiger partial charge in [0.1, 0.15) is 5.75 Å². The van der Waals surface area contributed by atoms with Gasteiger partial charge in [-0.05, 0) is 48.9 Å². The van der Waals surface area contributed by atoms with Crippen molar-refractivity contribution in [1.82, 2.24) is 10.2 Å². The van der Waals surface area contributed by atoms with E-state index in [9.17, 15) is 9.59 Å². The van der Waals surface area contributed by atoms with Gasteiger partial charge >= 0.3 is 6.03 Å². The van der Waals surface area contributed by atoms with Gasteiger partial charge in [0.05, 0.1) is 18.7 Å². The van der Waals surface area contributed by atoms with Crippen LogP contribution < -0.4 is 15.4 Å². The Bertz CT molecular complexity index is 822. The molecule has 0 aliphatic carbocycles. The van der Waals surface area contributed by atoms with Crippen molar-refractivity contribution < 1.29 is 14.3 Å². The molecule has 7 heteroatoms. The number of hydrogen-bond donors (Lipinski definition) is 2. The van der Waals surface area contributed by atoms with Gasteiger partial charge in [-0.1, -0.05) is 6.07 Å². The number of piperidine rings is 1. The number of hydrogen-bond acceptors (Lipinski definition) is 4. The quantitative estimate of drug-likeness (QED) is 0.843. The minimum absolute atomic E-state index is 0.00274. The normalized spacial score (nSPS) is 19.2. The summed E-state index contributed by atoms with van der Waals surface area (Å²) in [5.41, 5.74) is 1.11. The van der Waals surface area contributed by atoms with Crippen molar-refractivity contribution in [2.75, 3.05) is 18.5 Å². The SMILES string of the molecule is O=C(NCc1cccs1)Nc1ccc2c(c1)C(=O)N1CCCCC1CCO2. The van der Waals surface area contributed by atoms with Gasteiger partial charge in [0.25, 0.3) is 5.91 Å². The number of nitrogens with zero attached hydrogens (tertiary/aromatic N) is 1. The number of urea groups is 1. The van der Waals surface area contributed by atoms with E-state index in [1.165, 1.54) is 0 Å². The highest BCUT2D eigenvalue weighted by molar-refractivity contribution is 7.09. The first-order chi connectivity index (χ1) is 13.2. The van der Waals surface area contributed by atoms with Crippen molar-refractivity contribution in [3.05, 3.63) is 46.2 Å². The molecule has 4 rings (SSSR count). The minimum Gasteiger partial charge on any atom is -0.493 e. The lowest BCUT2D eigenvalue weighted by molar-refractivity contribution is 0.0548. The number of rotatable bonds is 3. The van der Waals surface area contributed by atoms with Crippen LogP contribution in [0.1, 0.15) is 40.9 Å². The van der Waals surface area contributed by atoms with Crippen LogP contribution in [0.25, 0.3) is 0 Å². The molecule has 0 radical (unpaired) electrons. The van der Waals surface area contributed by atoms with Crippen molar-refractivity contribution in [2.45, 2.75) is 38.3 Å². The molecule has 142 valence electrons. The van der Waals surface area contributed by atoms with Crippen LogP contribution in [0.3, 0.4) is 0 Å². The summed E-state index contributed by atoms with van der Waals surface area (Å²) in [5, 5.41) is 7.61. The van der Waals surface area contributed by atoms with E-state index in [1.54, 1.807) is 29.5 Å². The molecule has 1 atom stereocenters.